The molecular weight excluding hydrogens is 610 g/mol. The smallest absolute Gasteiger partial charge is 0.331 e. The van der Waals surface area contributed by atoms with Crippen LogP contribution >= 0.6 is 11.6 Å². The van der Waals surface area contributed by atoms with E-state index >= 15 is 0 Å². The summed E-state index contributed by atoms with van der Waals surface area (Å²) in [6, 6.07) is 16.4. The minimum atomic E-state index is -0.810. The molecule has 1 aliphatic heterocycles. The number of aryl methyl sites for hydroxylation is 1. The minimum Gasteiger partial charge on any atom is -0.493 e. The molecule has 47 heavy (non-hydrogen) atoms. The van der Waals surface area contributed by atoms with Crippen molar-refractivity contribution in [1.29, 1.82) is 0 Å². The van der Waals surface area contributed by atoms with Gasteiger partial charge in [-0.3, -0.25) is 4.98 Å². The van der Waals surface area contributed by atoms with E-state index in [1.54, 1.807) is 0 Å². The number of hydrogen-bond donors (Lipinski definition) is 2. The number of esters is 1. The number of benzene rings is 2. The number of ether oxygens (including phenoxy) is 3. The highest BCUT2D eigenvalue weighted by Gasteiger charge is 2.54. The van der Waals surface area contributed by atoms with Gasteiger partial charge in [0.25, 0.3) is 0 Å². The second-order valence-electron chi connectivity index (χ2n) is 14.6. The van der Waals surface area contributed by atoms with E-state index in [0.29, 0.717) is 42.2 Å². The molecule has 2 N–H and O–H groups in total. The first-order valence-electron chi connectivity index (χ1n) is 17.5. The Balaban J connectivity index is 1.13. The van der Waals surface area contributed by atoms with Crippen LogP contribution < -0.4 is 20.1 Å². The molecule has 4 aliphatic rings. The summed E-state index contributed by atoms with van der Waals surface area (Å²) in [4.78, 5) is 18.2. The van der Waals surface area contributed by atoms with E-state index in [0.717, 1.165) is 62.4 Å². The third kappa shape index (κ3) is 6.33. The lowest BCUT2D eigenvalue weighted by Crippen LogP contribution is -2.53. The van der Waals surface area contributed by atoms with E-state index in [2.05, 4.69) is 53.7 Å². The van der Waals surface area contributed by atoms with Crippen molar-refractivity contribution in [2.24, 2.45) is 11.8 Å². The molecule has 3 atom stereocenters. The predicted octanol–water partition coefficient (Wildman–Crippen LogP) is 7.64. The lowest BCUT2D eigenvalue weighted by Gasteiger charge is -2.48. The standard InChI is InChI=1S/C39H48ClN3O4/c1-25(24-46-35-12-17-42-34-9-4-6-26(2)36(34)35)18-28-19-27-10-11-31(47-32-22-41-23-32)21-33(27)38(28)13-15-39(16-14-38,37(44)45-3)43-30-8-5-7-29(40)20-30/h5,7-8,10-12,17,20-21,25-26,28,32,41,43H,4,6,9,13-16,18-19,22-24H2,1-3H3/t25-,26-,28-,38?,39?/m1/s1. The van der Waals surface area contributed by atoms with Gasteiger partial charge in [0.15, 0.2) is 0 Å². The fourth-order valence-electron chi connectivity index (χ4n) is 8.87. The summed E-state index contributed by atoms with van der Waals surface area (Å²) in [5.74, 6) is 3.03. The molecule has 2 fully saturated rings. The van der Waals surface area contributed by atoms with Gasteiger partial charge in [-0.15, -0.1) is 0 Å². The highest BCUT2D eigenvalue weighted by atomic mass is 35.5. The van der Waals surface area contributed by atoms with Gasteiger partial charge in [0.2, 0.25) is 0 Å². The lowest BCUT2D eigenvalue weighted by atomic mass is 9.59. The van der Waals surface area contributed by atoms with E-state index in [9.17, 15) is 4.79 Å². The van der Waals surface area contributed by atoms with Gasteiger partial charge in [-0.25, -0.2) is 4.79 Å². The summed E-state index contributed by atoms with van der Waals surface area (Å²) in [5, 5.41) is 7.53. The van der Waals surface area contributed by atoms with Crippen molar-refractivity contribution < 1.29 is 19.0 Å². The summed E-state index contributed by atoms with van der Waals surface area (Å²) in [7, 11) is 1.49. The molecule has 3 aliphatic carbocycles. The number of carbonyl (C=O) groups excluding carboxylic acids is 1. The zero-order chi connectivity index (χ0) is 32.6. The van der Waals surface area contributed by atoms with Crippen LogP contribution in [0, 0.1) is 11.8 Å². The molecule has 1 saturated carbocycles. The minimum absolute atomic E-state index is 0.0568. The Bertz CT molecular complexity index is 1600. The highest BCUT2D eigenvalue weighted by Crippen LogP contribution is 2.57. The number of anilines is 1. The molecule has 8 heteroatoms. The molecule has 7 nitrogen and oxygen atoms in total. The second kappa shape index (κ2) is 13.3. The van der Waals surface area contributed by atoms with Gasteiger partial charge in [-0.1, -0.05) is 37.6 Å². The topological polar surface area (TPSA) is 81.7 Å². The Morgan fingerprint density at radius 3 is 2.70 bits per heavy atom. The van der Waals surface area contributed by atoms with Gasteiger partial charge in [0.05, 0.1) is 13.7 Å². The van der Waals surface area contributed by atoms with Gasteiger partial charge in [0.1, 0.15) is 23.1 Å². The van der Waals surface area contributed by atoms with Crippen LogP contribution in [-0.4, -0.2) is 49.4 Å². The quantitative estimate of drug-likeness (QED) is 0.217. The fraction of sp³-hybridized carbons (Fsp3) is 0.538. The van der Waals surface area contributed by atoms with Crippen molar-refractivity contribution in [2.75, 3.05) is 32.1 Å². The number of halogens is 1. The molecule has 1 aromatic heterocycles. The fourth-order valence-corrected chi connectivity index (χ4v) is 9.06. The van der Waals surface area contributed by atoms with Crippen molar-refractivity contribution in [3.63, 3.8) is 0 Å². The van der Waals surface area contributed by atoms with Crippen molar-refractivity contribution in [3.05, 3.63) is 82.1 Å². The SMILES string of the molecule is COC(=O)C1(Nc2cccc(Cl)c2)CCC2(CC1)c1cc(OC3CNC3)ccc1C[C@H]2C[C@@H](C)COc1ccnc2c1[C@H](C)CCC2. The number of nitrogens with one attached hydrogen (secondary N) is 2. The number of methoxy groups -OCH3 is 1. The number of carbonyl (C=O) groups is 1. The van der Waals surface area contributed by atoms with Crippen LogP contribution in [0.5, 0.6) is 11.5 Å². The lowest BCUT2D eigenvalue weighted by molar-refractivity contribution is -0.148. The summed E-state index contributed by atoms with van der Waals surface area (Å²) in [6.45, 7) is 7.08. The first kappa shape index (κ1) is 32.3. The Kier molecular flexibility index (Phi) is 9.14. The third-order valence-electron chi connectivity index (χ3n) is 11.5. The number of pyridine rings is 1. The van der Waals surface area contributed by atoms with Gasteiger partial charge >= 0.3 is 5.97 Å². The molecule has 250 valence electrons. The summed E-state index contributed by atoms with van der Waals surface area (Å²) >= 11 is 6.33. The van der Waals surface area contributed by atoms with Crippen LogP contribution in [0.15, 0.2) is 54.7 Å². The molecule has 1 saturated heterocycles. The third-order valence-corrected chi connectivity index (χ3v) is 11.7. The van der Waals surface area contributed by atoms with E-state index in [1.165, 1.54) is 42.3 Å². The van der Waals surface area contributed by atoms with Crippen LogP contribution in [0.2, 0.25) is 5.02 Å². The van der Waals surface area contributed by atoms with Crippen LogP contribution in [0.25, 0.3) is 0 Å². The van der Waals surface area contributed by atoms with E-state index in [1.807, 2.05) is 30.5 Å². The first-order chi connectivity index (χ1) is 22.8. The molecule has 2 aromatic carbocycles. The van der Waals surface area contributed by atoms with Crippen molar-refractivity contribution in [1.82, 2.24) is 10.3 Å². The molecule has 0 radical (unpaired) electrons. The predicted molar refractivity (Wildman–Crippen MR) is 186 cm³/mol. The molecule has 2 heterocycles. The Morgan fingerprint density at radius 1 is 1.13 bits per heavy atom. The van der Waals surface area contributed by atoms with Gasteiger partial charge in [0, 0.05) is 41.3 Å². The first-order valence-corrected chi connectivity index (χ1v) is 17.9. The number of nitrogens with zero attached hydrogens (tertiary/aromatic N) is 1. The summed E-state index contributed by atoms with van der Waals surface area (Å²) in [5.41, 5.74) is 5.30. The molecule has 3 aromatic rings. The maximum Gasteiger partial charge on any atom is 0.331 e. The average Bonchev–Trinajstić information content (AvgIpc) is 3.34. The zero-order valence-electron chi connectivity index (χ0n) is 27.9. The number of hydrogen-bond acceptors (Lipinski definition) is 7. The van der Waals surface area contributed by atoms with E-state index < -0.39 is 5.54 Å². The number of rotatable bonds is 10. The summed E-state index contributed by atoms with van der Waals surface area (Å²) < 4.78 is 18.4. The normalized spacial score (nSPS) is 27.3. The molecular formula is C39H48ClN3O4. The molecule has 0 unspecified atom stereocenters. The second-order valence-corrected chi connectivity index (χ2v) is 15.0. The highest BCUT2D eigenvalue weighted by molar-refractivity contribution is 6.30. The average molecular weight is 658 g/mol. The van der Waals surface area contributed by atoms with E-state index in [4.69, 9.17) is 25.8 Å². The Hall–Kier alpha value is -3.29. The van der Waals surface area contributed by atoms with Gasteiger partial charge in [-0.2, -0.15) is 0 Å². The van der Waals surface area contributed by atoms with Gasteiger partial charge < -0.3 is 24.8 Å². The molecule has 7 rings (SSSR count). The monoisotopic (exact) mass is 657 g/mol. The zero-order valence-corrected chi connectivity index (χ0v) is 28.7. The van der Waals surface area contributed by atoms with Crippen LogP contribution in [0.3, 0.4) is 0 Å². The largest absolute Gasteiger partial charge is 0.493 e. The number of aromatic nitrogens is 1. The van der Waals surface area contributed by atoms with Gasteiger partial charge in [-0.05, 0) is 128 Å². The van der Waals surface area contributed by atoms with Crippen molar-refractivity contribution in [2.45, 2.75) is 94.6 Å². The molecule has 0 amide bonds. The summed E-state index contributed by atoms with van der Waals surface area (Å²) in [6.07, 6.45) is 10.7. The number of fused-ring (bicyclic) bond motifs is 3. The van der Waals surface area contributed by atoms with E-state index in [-0.39, 0.29) is 17.5 Å². The molecule has 1 spiro atoms. The van der Waals surface area contributed by atoms with Crippen molar-refractivity contribution >= 4 is 23.3 Å². The maximum atomic E-state index is 13.5. The maximum absolute atomic E-state index is 13.5. The van der Waals surface area contributed by atoms with Crippen LogP contribution in [0.1, 0.15) is 87.1 Å². The van der Waals surface area contributed by atoms with Crippen LogP contribution in [0.4, 0.5) is 5.69 Å². The Labute approximate surface area is 284 Å². The van der Waals surface area contributed by atoms with Crippen LogP contribution in [-0.2, 0) is 27.8 Å². The Morgan fingerprint density at radius 2 is 1.96 bits per heavy atom. The van der Waals surface area contributed by atoms with Crippen molar-refractivity contribution in [3.8, 4) is 11.5 Å². The molecule has 0 bridgehead atoms.